The van der Waals surface area contributed by atoms with E-state index in [9.17, 15) is 0 Å². The molecule has 1 atom stereocenters. The van der Waals surface area contributed by atoms with E-state index >= 15 is 0 Å². The fraction of sp³-hybridized carbons (Fsp3) is 0.400. The van der Waals surface area contributed by atoms with Crippen molar-refractivity contribution in [1.82, 2.24) is 0 Å². The normalized spacial score (nSPS) is 14.8. The van der Waals surface area contributed by atoms with Crippen molar-refractivity contribution in [2.45, 2.75) is 52.0 Å². The standard InChI is InChI=1S/C20H25N/c1-15-5-3-6-17(13-15)10-9-16(2)21-20-12-11-18-7-4-8-19(18)14-20/h3,5-6,11-14,16,21H,4,7-10H2,1-2H3. The molecule has 0 aromatic heterocycles. The Bertz CT molecular complexity index is 615. The molecule has 2 aromatic rings. The maximum atomic E-state index is 3.66. The van der Waals surface area contributed by atoms with Gasteiger partial charge in [0.15, 0.2) is 0 Å². The van der Waals surface area contributed by atoms with E-state index in [1.54, 1.807) is 11.1 Å². The molecule has 0 aliphatic heterocycles. The van der Waals surface area contributed by atoms with Gasteiger partial charge in [-0.3, -0.25) is 0 Å². The maximum Gasteiger partial charge on any atom is 0.0345 e. The average Bonchev–Trinajstić information content (AvgIpc) is 2.93. The zero-order valence-corrected chi connectivity index (χ0v) is 13.2. The van der Waals surface area contributed by atoms with Gasteiger partial charge in [0.25, 0.3) is 0 Å². The van der Waals surface area contributed by atoms with E-state index in [0.717, 1.165) is 6.42 Å². The second-order valence-electron chi connectivity index (χ2n) is 6.41. The van der Waals surface area contributed by atoms with Crippen LogP contribution in [0.1, 0.15) is 42.0 Å². The lowest BCUT2D eigenvalue weighted by molar-refractivity contribution is 0.706. The first-order valence-electron chi connectivity index (χ1n) is 8.14. The van der Waals surface area contributed by atoms with Gasteiger partial charge in [-0.05, 0) is 74.8 Å². The zero-order chi connectivity index (χ0) is 14.7. The van der Waals surface area contributed by atoms with Gasteiger partial charge in [-0.15, -0.1) is 0 Å². The summed E-state index contributed by atoms with van der Waals surface area (Å²) in [7, 11) is 0. The summed E-state index contributed by atoms with van der Waals surface area (Å²) in [5, 5.41) is 3.66. The Labute approximate surface area is 128 Å². The van der Waals surface area contributed by atoms with E-state index in [2.05, 4.69) is 61.6 Å². The van der Waals surface area contributed by atoms with Crippen LogP contribution in [-0.4, -0.2) is 6.04 Å². The Morgan fingerprint density at radius 1 is 1.05 bits per heavy atom. The monoisotopic (exact) mass is 279 g/mol. The van der Waals surface area contributed by atoms with Crippen molar-refractivity contribution in [3.63, 3.8) is 0 Å². The van der Waals surface area contributed by atoms with Gasteiger partial charge in [-0.25, -0.2) is 0 Å². The molecule has 3 rings (SSSR count). The number of aryl methyl sites for hydroxylation is 4. The van der Waals surface area contributed by atoms with E-state index < -0.39 is 0 Å². The zero-order valence-electron chi connectivity index (χ0n) is 13.2. The van der Waals surface area contributed by atoms with E-state index in [4.69, 9.17) is 0 Å². The van der Waals surface area contributed by atoms with Gasteiger partial charge in [0.05, 0.1) is 0 Å². The fourth-order valence-electron chi connectivity index (χ4n) is 3.27. The molecule has 0 saturated carbocycles. The third-order valence-electron chi connectivity index (χ3n) is 4.46. The van der Waals surface area contributed by atoms with Crippen LogP contribution in [-0.2, 0) is 19.3 Å². The van der Waals surface area contributed by atoms with Crippen LogP contribution in [0, 0.1) is 6.92 Å². The molecule has 0 radical (unpaired) electrons. The summed E-state index contributed by atoms with van der Waals surface area (Å²) in [4.78, 5) is 0. The highest BCUT2D eigenvalue weighted by Crippen LogP contribution is 2.25. The molecular weight excluding hydrogens is 254 g/mol. The van der Waals surface area contributed by atoms with Crippen molar-refractivity contribution in [2.75, 3.05) is 5.32 Å². The van der Waals surface area contributed by atoms with E-state index in [0.29, 0.717) is 6.04 Å². The smallest absolute Gasteiger partial charge is 0.0345 e. The van der Waals surface area contributed by atoms with E-state index in [1.807, 2.05) is 0 Å². The minimum atomic E-state index is 0.505. The SMILES string of the molecule is Cc1cccc(CCC(C)Nc2ccc3c(c2)CCC3)c1. The first-order valence-corrected chi connectivity index (χ1v) is 8.14. The van der Waals surface area contributed by atoms with Crippen molar-refractivity contribution in [1.29, 1.82) is 0 Å². The topological polar surface area (TPSA) is 12.0 Å². The first-order chi connectivity index (χ1) is 10.2. The summed E-state index contributed by atoms with van der Waals surface area (Å²) in [6.45, 7) is 4.44. The minimum absolute atomic E-state index is 0.505. The number of hydrogen-bond donors (Lipinski definition) is 1. The predicted molar refractivity (Wildman–Crippen MR) is 91.1 cm³/mol. The Balaban J connectivity index is 1.55. The van der Waals surface area contributed by atoms with Crippen LogP contribution < -0.4 is 5.32 Å². The molecule has 1 heteroatoms. The Kier molecular flexibility index (Phi) is 4.28. The highest BCUT2D eigenvalue weighted by atomic mass is 14.9. The van der Waals surface area contributed by atoms with Gasteiger partial charge in [-0.1, -0.05) is 35.9 Å². The molecule has 1 unspecified atom stereocenters. The van der Waals surface area contributed by atoms with E-state index in [-0.39, 0.29) is 0 Å². The number of benzene rings is 2. The van der Waals surface area contributed by atoms with Crippen LogP contribution in [0.25, 0.3) is 0 Å². The highest BCUT2D eigenvalue weighted by Gasteiger charge is 2.11. The van der Waals surface area contributed by atoms with Crippen LogP contribution in [0.5, 0.6) is 0 Å². The second-order valence-corrected chi connectivity index (χ2v) is 6.41. The summed E-state index contributed by atoms with van der Waals surface area (Å²) in [6, 6.07) is 16.2. The van der Waals surface area contributed by atoms with Gasteiger partial charge >= 0.3 is 0 Å². The molecule has 110 valence electrons. The molecular formula is C20H25N. The largest absolute Gasteiger partial charge is 0.383 e. The number of rotatable bonds is 5. The van der Waals surface area contributed by atoms with Crippen LogP contribution in [0.3, 0.4) is 0 Å². The van der Waals surface area contributed by atoms with Gasteiger partial charge in [0.1, 0.15) is 0 Å². The van der Waals surface area contributed by atoms with Crippen LogP contribution in [0.15, 0.2) is 42.5 Å². The van der Waals surface area contributed by atoms with Crippen molar-refractivity contribution in [3.8, 4) is 0 Å². The molecule has 1 aliphatic rings. The van der Waals surface area contributed by atoms with Gasteiger partial charge < -0.3 is 5.32 Å². The molecule has 0 amide bonds. The molecule has 0 bridgehead atoms. The lowest BCUT2D eigenvalue weighted by atomic mass is 10.0. The quantitative estimate of drug-likeness (QED) is 0.819. The van der Waals surface area contributed by atoms with Crippen molar-refractivity contribution in [3.05, 3.63) is 64.7 Å². The molecule has 1 aliphatic carbocycles. The summed E-state index contributed by atoms with van der Waals surface area (Å²) in [6.07, 6.45) is 6.14. The summed E-state index contributed by atoms with van der Waals surface area (Å²) < 4.78 is 0. The number of nitrogens with one attached hydrogen (secondary N) is 1. The van der Waals surface area contributed by atoms with Crippen molar-refractivity contribution in [2.24, 2.45) is 0 Å². The molecule has 1 N–H and O–H groups in total. The lowest BCUT2D eigenvalue weighted by Gasteiger charge is -2.16. The molecule has 0 fully saturated rings. The lowest BCUT2D eigenvalue weighted by Crippen LogP contribution is -2.16. The average molecular weight is 279 g/mol. The highest BCUT2D eigenvalue weighted by molar-refractivity contribution is 5.50. The minimum Gasteiger partial charge on any atom is -0.383 e. The Hall–Kier alpha value is -1.76. The molecule has 0 saturated heterocycles. The first kappa shape index (κ1) is 14.2. The van der Waals surface area contributed by atoms with Crippen LogP contribution in [0.4, 0.5) is 5.69 Å². The predicted octanol–water partition coefficient (Wildman–Crippen LogP) is 4.92. The van der Waals surface area contributed by atoms with Gasteiger partial charge in [0, 0.05) is 11.7 Å². The summed E-state index contributed by atoms with van der Waals surface area (Å²) >= 11 is 0. The van der Waals surface area contributed by atoms with Gasteiger partial charge in [-0.2, -0.15) is 0 Å². The second kappa shape index (κ2) is 6.34. The van der Waals surface area contributed by atoms with E-state index in [1.165, 1.54) is 42.5 Å². The molecule has 0 heterocycles. The van der Waals surface area contributed by atoms with Crippen molar-refractivity contribution < 1.29 is 0 Å². The number of hydrogen-bond acceptors (Lipinski definition) is 1. The Morgan fingerprint density at radius 2 is 1.90 bits per heavy atom. The Morgan fingerprint density at radius 3 is 2.76 bits per heavy atom. The third-order valence-corrected chi connectivity index (χ3v) is 4.46. The summed E-state index contributed by atoms with van der Waals surface area (Å²) in [5.74, 6) is 0. The number of fused-ring (bicyclic) bond motifs is 1. The third kappa shape index (κ3) is 3.66. The van der Waals surface area contributed by atoms with Crippen molar-refractivity contribution >= 4 is 5.69 Å². The number of anilines is 1. The summed E-state index contributed by atoms with van der Waals surface area (Å²) in [5.41, 5.74) is 7.18. The molecule has 1 nitrogen and oxygen atoms in total. The van der Waals surface area contributed by atoms with Crippen LogP contribution >= 0.6 is 0 Å². The fourth-order valence-corrected chi connectivity index (χ4v) is 3.27. The van der Waals surface area contributed by atoms with Gasteiger partial charge in [0.2, 0.25) is 0 Å². The molecule has 2 aromatic carbocycles. The maximum absolute atomic E-state index is 3.66. The van der Waals surface area contributed by atoms with Crippen LogP contribution in [0.2, 0.25) is 0 Å². The molecule has 0 spiro atoms. The molecule has 21 heavy (non-hydrogen) atoms.